The Kier molecular flexibility index (Phi) is 6.81. The molecule has 3 rings (SSSR count). The molecule has 0 atom stereocenters. The number of hydrogen-bond acceptors (Lipinski definition) is 6. The van der Waals surface area contributed by atoms with E-state index in [-0.39, 0.29) is 18.0 Å². The number of fused-ring (bicyclic) bond motifs is 1. The highest BCUT2D eigenvalue weighted by Crippen LogP contribution is 2.23. The van der Waals surface area contributed by atoms with Crippen molar-refractivity contribution in [1.29, 1.82) is 0 Å². The van der Waals surface area contributed by atoms with Crippen LogP contribution < -0.4 is 10.6 Å². The SMILES string of the molecule is CCc1nn(-c2ccccc2C)c(=O)c2ccc(N(C)/N=C(/CO)N(C=O)CC)cc12. The molecule has 0 radical (unpaired) electrons. The maximum absolute atomic E-state index is 13.2. The van der Waals surface area contributed by atoms with Crippen molar-refractivity contribution < 1.29 is 9.90 Å². The molecule has 2 aromatic carbocycles. The van der Waals surface area contributed by atoms with Crippen molar-refractivity contribution in [2.45, 2.75) is 27.2 Å². The van der Waals surface area contributed by atoms with Crippen LogP contribution in [-0.2, 0) is 11.2 Å². The molecular formula is C23H27N5O3. The van der Waals surface area contributed by atoms with Crippen molar-refractivity contribution in [2.75, 3.05) is 25.2 Å². The molecule has 31 heavy (non-hydrogen) atoms. The maximum Gasteiger partial charge on any atom is 0.279 e. The van der Waals surface area contributed by atoms with E-state index in [0.717, 1.165) is 22.3 Å². The van der Waals surface area contributed by atoms with Gasteiger partial charge in [0.25, 0.3) is 5.56 Å². The van der Waals surface area contributed by atoms with Crippen molar-refractivity contribution in [1.82, 2.24) is 14.7 Å². The van der Waals surface area contributed by atoms with Gasteiger partial charge in [-0.1, -0.05) is 25.1 Å². The van der Waals surface area contributed by atoms with Crippen molar-refractivity contribution >= 4 is 28.7 Å². The fraction of sp³-hybridized carbons (Fsp3) is 0.304. The highest BCUT2D eigenvalue weighted by molar-refractivity contribution is 5.92. The van der Waals surface area contributed by atoms with Crippen LogP contribution in [0.25, 0.3) is 16.5 Å². The zero-order chi connectivity index (χ0) is 22.5. The second kappa shape index (κ2) is 9.53. The molecule has 3 aromatic rings. The number of aromatic nitrogens is 2. The third kappa shape index (κ3) is 4.34. The van der Waals surface area contributed by atoms with Crippen molar-refractivity contribution in [2.24, 2.45) is 5.10 Å². The third-order valence-corrected chi connectivity index (χ3v) is 5.22. The number of para-hydroxylation sites is 1. The number of carbonyl (C=O) groups excluding carboxylic acids is 1. The molecule has 0 saturated heterocycles. The van der Waals surface area contributed by atoms with Crippen molar-refractivity contribution in [3.8, 4) is 5.69 Å². The summed E-state index contributed by atoms with van der Waals surface area (Å²) < 4.78 is 1.46. The van der Waals surface area contributed by atoms with Gasteiger partial charge in [0.1, 0.15) is 6.61 Å². The molecule has 8 heteroatoms. The van der Waals surface area contributed by atoms with Gasteiger partial charge in [-0.2, -0.15) is 14.9 Å². The van der Waals surface area contributed by atoms with E-state index in [0.29, 0.717) is 30.4 Å². The van der Waals surface area contributed by atoms with E-state index in [2.05, 4.69) is 10.2 Å². The van der Waals surface area contributed by atoms with E-state index in [9.17, 15) is 14.7 Å². The minimum absolute atomic E-state index is 0.187. The van der Waals surface area contributed by atoms with E-state index in [1.54, 1.807) is 31.1 Å². The fourth-order valence-corrected chi connectivity index (χ4v) is 3.45. The smallest absolute Gasteiger partial charge is 0.279 e. The predicted octanol–water partition coefficient (Wildman–Crippen LogP) is 2.48. The van der Waals surface area contributed by atoms with E-state index >= 15 is 0 Å². The number of amides is 1. The fourth-order valence-electron chi connectivity index (χ4n) is 3.45. The molecule has 1 heterocycles. The van der Waals surface area contributed by atoms with Crippen LogP contribution in [0.4, 0.5) is 5.69 Å². The van der Waals surface area contributed by atoms with Gasteiger partial charge in [0.15, 0.2) is 5.84 Å². The molecule has 0 bridgehead atoms. The van der Waals surface area contributed by atoms with Crippen LogP contribution in [0.5, 0.6) is 0 Å². The largest absolute Gasteiger partial charge is 0.388 e. The summed E-state index contributed by atoms with van der Waals surface area (Å²) in [7, 11) is 1.73. The van der Waals surface area contributed by atoms with Crippen LogP contribution in [-0.4, -0.2) is 52.2 Å². The molecule has 0 fully saturated rings. The molecule has 0 aliphatic carbocycles. The summed E-state index contributed by atoms with van der Waals surface area (Å²) in [6.45, 7) is 5.78. The topological polar surface area (TPSA) is 91.0 Å². The lowest BCUT2D eigenvalue weighted by atomic mass is 10.1. The molecule has 0 spiro atoms. The second-order valence-corrected chi connectivity index (χ2v) is 7.12. The highest BCUT2D eigenvalue weighted by atomic mass is 16.3. The normalized spacial score (nSPS) is 11.6. The monoisotopic (exact) mass is 421 g/mol. The number of hydrogen-bond donors (Lipinski definition) is 1. The van der Waals surface area contributed by atoms with Gasteiger partial charge in [-0.05, 0) is 50.1 Å². The molecule has 0 saturated carbocycles. The van der Waals surface area contributed by atoms with Crippen LogP contribution in [0.2, 0.25) is 0 Å². The standard InChI is InChI=1S/C23H27N5O3/c1-5-20-19-13-17(26(4)25-22(14-29)27(6-2)15-30)11-12-18(19)23(31)28(24-20)21-10-8-7-9-16(21)3/h7-13,15,29H,5-6,14H2,1-4H3/b25-22-. The molecule has 8 nitrogen and oxygen atoms in total. The number of likely N-dealkylation sites (N-methyl/N-ethyl adjacent to an activating group) is 1. The summed E-state index contributed by atoms with van der Waals surface area (Å²) in [6, 6.07) is 13.1. The predicted molar refractivity (Wildman–Crippen MR) is 123 cm³/mol. The molecular weight excluding hydrogens is 394 g/mol. The minimum Gasteiger partial charge on any atom is -0.388 e. The quantitative estimate of drug-likeness (QED) is 0.274. The van der Waals surface area contributed by atoms with E-state index in [4.69, 9.17) is 0 Å². The number of hydrazone groups is 1. The number of amidine groups is 1. The summed E-state index contributed by atoms with van der Waals surface area (Å²) in [5, 5.41) is 21.5. The van der Waals surface area contributed by atoms with Crippen molar-refractivity contribution in [3.63, 3.8) is 0 Å². The third-order valence-electron chi connectivity index (χ3n) is 5.22. The Morgan fingerprint density at radius 2 is 1.94 bits per heavy atom. The van der Waals surface area contributed by atoms with Gasteiger partial charge >= 0.3 is 0 Å². The number of anilines is 1. The van der Waals surface area contributed by atoms with Gasteiger partial charge in [0, 0.05) is 19.0 Å². The molecule has 162 valence electrons. The zero-order valence-corrected chi connectivity index (χ0v) is 18.2. The number of aliphatic hydroxyl groups is 1. The van der Waals surface area contributed by atoms with E-state index < -0.39 is 0 Å². The van der Waals surface area contributed by atoms with Gasteiger partial charge < -0.3 is 5.11 Å². The summed E-state index contributed by atoms with van der Waals surface area (Å²) in [6.07, 6.45) is 1.28. The molecule has 0 aliphatic rings. The lowest BCUT2D eigenvalue weighted by Crippen LogP contribution is -2.34. The number of benzene rings is 2. The van der Waals surface area contributed by atoms with Crippen LogP contribution in [0.3, 0.4) is 0 Å². The lowest BCUT2D eigenvalue weighted by molar-refractivity contribution is -0.114. The molecule has 0 aliphatic heterocycles. The zero-order valence-electron chi connectivity index (χ0n) is 18.2. The van der Waals surface area contributed by atoms with E-state index in [1.807, 2.05) is 44.2 Å². The van der Waals surface area contributed by atoms with Crippen LogP contribution in [0.1, 0.15) is 25.1 Å². The molecule has 1 aromatic heterocycles. The van der Waals surface area contributed by atoms with Gasteiger partial charge in [0.05, 0.1) is 22.5 Å². The first-order valence-electron chi connectivity index (χ1n) is 10.2. The first-order chi connectivity index (χ1) is 14.9. The Labute approximate surface area is 181 Å². The summed E-state index contributed by atoms with van der Waals surface area (Å²) in [4.78, 5) is 25.7. The highest BCUT2D eigenvalue weighted by Gasteiger charge is 2.15. The minimum atomic E-state index is -0.368. The Morgan fingerprint density at radius 1 is 1.19 bits per heavy atom. The Morgan fingerprint density at radius 3 is 2.55 bits per heavy atom. The Bertz CT molecular complexity index is 1190. The molecule has 1 amide bonds. The average molecular weight is 422 g/mol. The summed E-state index contributed by atoms with van der Waals surface area (Å²) >= 11 is 0. The summed E-state index contributed by atoms with van der Waals surface area (Å²) in [5.41, 5.74) is 3.05. The Hall–Kier alpha value is -3.52. The molecule has 0 unspecified atom stereocenters. The van der Waals surface area contributed by atoms with Gasteiger partial charge in [-0.25, -0.2) is 0 Å². The maximum atomic E-state index is 13.2. The van der Waals surface area contributed by atoms with Crippen LogP contribution >= 0.6 is 0 Å². The van der Waals surface area contributed by atoms with Crippen LogP contribution in [0.15, 0.2) is 52.4 Å². The average Bonchev–Trinajstić information content (AvgIpc) is 2.79. The van der Waals surface area contributed by atoms with Gasteiger partial charge in [-0.15, -0.1) is 0 Å². The summed E-state index contributed by atoms with van der Waals surface area (Å²) in [5.74, 6) is 0.240. The van der Waals surface area contributed by atoms with Gasteiger partial charge in [-0.3, -0.25) is 19.5 Å². The van der Waals surface area contributed by atoms with Gasteiger partial charge in [0.2, 0.25) is 6.41 Å². The number of nitrogens with zero attached hydrogens (tertiary/aromatic N) is 5. The van der Waals surface area contributed by atoms with Crippen molar-refractivity contribution in [3.05, 3.63) is 64.1 Å². The first kappa shape index (κ1) is 22.2. The number of aryl methyl sites for hydroxylation is 2. The lowest BCUT2D eigenvalue weighted by Gasteiger charge is -2.21. The molecule has 1 N–H and O–H groups in total. The first-order valence-corrected chi connectivity index (χ1v) is 10.2. The van der Waals surface area contributed by atoms with E-state index in [1.165, 1.54) is 9.58 Å². The van der Waals surface area contributed by atoms with Crippen LogP contribution in [0, 0.1) is 6.92 Å². The number of rotatable bonds is 7. The number of carbonyl (C=O) groups is 1. The Balaban J connectivity index is 2.13. The number of aliphatic hydroxyl groups excluding tert-OH is 1. The second-order valence-electron chi connectivity index (χ2n) is 7.12.